The number of carbonyl (C=O) groups excluding carboxylic acids is 1. The number of carbonyl (C=O) groups is 1. The molecule has 2 aromatic rings. The summed E-state index contributed by atoms with van der Waals surface area (Å²) in [5.41, 5.74) is 2.32. The van der Waals surface area contributed by atoms with Crippen LogP contribution in [0.2, 0.25) is 0 Å². The molecule has 0 radical (unpaired) electrons. The molecule has 4 N–H and O–H groups in total. The largest absolute Gasteiger partial charge is 0.333 e. The number of hydrogen-bond donors (Lipinski definition) is 3. The number of aryl methyl sites for hydroxylation is 1. The van der Waals surface area contributed by atoms with Gasteiger partial charge in [0.2, 0.25) is 0 Å². The lowest BCUT2D eigenvalue weighted by Crippen LogP contribution is -3.09. The maximum absolute atomic E-state index is 13.5. The van der Waals surface area contributed by atoms with Crippen LogP contribution in [0.1, 0.15) is 17.2 Å². The van der Waals surface area contributed by atoms with Gasteiger partial charge in [-0.3, -0.25) is 4.79 Å². The zero-order chi connectivity index (χ0) is 17.5. The van der Waals surface area contributed by atoms with Gasteiger partial charge in [-0.2, -0.15) is 0 Å². The highest BCUT2D eigenvalue weighted by Gasteiger charge is 2.20. The Morgan fingerprint density at radius 3 is 2.54 bits per heavy atom. The van der Waals surface area contributed by atoms with Crippen molar-refractivity contribution in [3.63, 3.8) is 0 Å². The third-order valence-electron chi connectivity index (χ3n) is 4.09. The first-order valence-corrected chi connectivity index (χ1v) is 8.20. The lowest BCUT2D eigenvalue weighted by atomic mass is 10.1. The number of rotatable bonds is 7. The van der Waals surface area contributed by atoms with Gasteiger partial charge in [0.05, 0.1) is 14.1 Å². The van der Waals surface area contributed by atoms with Crippen LogP contribution in [-0.4, -0.2) is 33.1 Å². The molecular weight excluding hydrogens is 305 g/mol. The fourth-order valence-corrected chi connectivity index (χ4v) is 2.65. The highest BCUT2D eigenvalue weighted by Crippen LogP contribution is 2.13. The summed E-state index contributed by atoms with van der Waals surface area (Å²) in [6.45, 7) is 2.82. The molecule has 0 heterocycles. The average Bonchev–Trinajstić information content (AvgIpc) is 2.55. The van der Waals surface area contributed by atoms with Crippen molar-refractivity contribution in [1.29, 1.82) is 0 Å². The van der Waals surface area contributed by atoms with Crippen LogP contribution >= 0.6 is 0 Å². The Balaban J connectivity index is 1.85. The molecule has 1 amide bonds. The van der Waals surface area contributed by atoms with Crippen molar-refractivity contribution >= 4 is 11.6 Å². The Morgan fingerprint density at radius 2 is 1.92 bits per heavy atom. The Hall–Kier alpha value is -2.24. The van der Waals surface area contributed by atoms with Crippen LogP contribution in [0.4, 0.5) is 10.1 Å². The predicted octanol–water partition coefficient (Wildman–Crippen LogP) is 0.522. The second-order valence-electron chi connectivity index (χ2n) is 6.28. The average molecular weight is 331 g/mol. The van der Waals surface area contributed by atoms with Gasteiger partial charge in [0.15, 0.2) is 12.6 Å². The molecule has 0 bridgehead atoms. The summed E-state index contributed by atoms with van der Waals surface area (Å²) in [5.74, 6) is -0.434. The zero-order valence-corrected chi connectivity index (χ0v) is 14.5. The van der Waals surface area contributed by atoms with Crippen LogP contribution in [0.15, 0.2) is 48.5 Å². The number of amides is 1. The number of benzene rings is 2. The second-order valence-corrected chi connectivity index (χ2v) is 6.28. The SMILES string of the molecule is Cc1ccc(NC(=O)C[NH2+]C[C@H](c2ccccc2)[NH+](C)C)cc1F. The first kappa shape index (κ1) is 18.1. The van der Waals surface area contributed by atoms with E-state index in [0.29, 0.717) is 23.8 Å². The summed E-state index contributed by atoms with van der Waals surface area (Å²) >= 11 is 0. The second kappa shape index (κ2) is 8.57. The van der Waals surface area contributed by atoms with Gasteiger partial charge in [-0.05, 0) is 24.6 Å². The highest BCUT2D eigenvalue weighted by atomic mass is 19.1. The quantitative estimate of drug-likeness (QED) is 0.681. The van der Waals surface area contributed by atoms with E-state index in [1.807, 2.05) is 23.5 Å². The van der Waals surface area contributed by atoms with E-state index in [0.717, 1.165) is 6.54 Å². The summed E-state index contributed by atoms with van der Waals surface area (Å²) < 4.78 is 13.5. The van der Waals surface area contributed by atoms with E-state index in [1.165, 1.54) is 16.5 Å². The van der Waals surface area contributed by atoms with Crippen LogP contribution in [-0.2, 0) is 4.79 Å². The highest BCUT2D eigenvalue weighted by molar-refractivity contribution is 5.91. The topological polar surface area (TPSA) is 50.1 Å². The van der Waals surface area contributed by atoms with Gasteiger partial charge < -0.3 is 15.5 Å². The van der Waals surface area contributed by atoms with E-state index < -0.39 is 0 Å². The molecule has 0 aromatic heterocycles. The minimum atomic E-state index is -0.308. The fourth-order valence-electron chi connectivity index (χ4n) is 2.65. The first-order valence-electron chi connectivity index (χ1n) is 8.20. The smallest absolute Gasteiger partial charge is 0.279 e. The number of quaternary nitrogens is 2. The van der Waals surface area contributed by atoms with Gasteiger partial charge in [-0.25, -0.2) is 4.39 Å². The van der Waals surface area contributed by atoms with E-state index in [4.69, 9.17) is 0 Å². The van der Waals surface area contributed by atoms with Crippen molar-refractivity contribution in [3.8, 4) is 0 Å². The van der Waals surface area contributed by atoms with Crippen molar-refractivity contribution in [2.45, 2.75) is 13.0 Å². The Kier molecular flexibility index (Phi) is 6.46. The van der Waals surface area contributed by atoms with Gasteiger partial charge in [0.25, 0.3) is 5.91 Å². The van der Waals surface area contributed by atoms with Crippen LogP contribution in [0.3, 0.4) is 0 Å². The van der Waals surface area contributed by atoms with E-state index >= 15 is 0 Å². The molecule has 0 aliphatic heterocycles. The van der Waals surface area contributed by atoms with Gasteiger partial charge in [-0.1, -0.05) is 36.4 Å². The number of nitrogens with two attached hydrogens (primary N) is 1. The summed E-state index contributed by atoms with van der Waals surface area (Å²) in [5, 5.41) is 4.73. The molecule has 0 fully saturated rings. The minimum Gasteiger partial charge on any atom is -0.333 e. The molecule has 0 saturated heterocycles. The maximum Gasteiger partial charge on any atom is 0.279 e. The van der Waals surface area contributed by atoms with Crippen LogP contribution in [0.5, 0.6) is 0 Å². The van der Waals surface area contributed by atoms with Crippen molar-refractivity contribution in [1.82, 2.24) is 0 Å². The molecule has 0 spiro atoms. The van der Waals surface area contributed by atoms with E-state index in [9.17, 15) is 9.18 Å². The third-order valence-corrected chi connectivity index (χ3v) is 4.09. The van der Waals surface area contributed by atoms with Crippen molar-refractivity contribution < 1.29 is 19.4 Å². The first-order chi connectivity index (χ1) is 11.5. The van der Waals surface area contributed by atoms with Gasteiger partial charge in [0, 0.05) is 11.3 Å². The van der Waals surface area contributed by atoms with E-state index in [2.05, 4.69) is 31.5 Å². The van der Waals surface area contributed by atoms with Crippen LogP contribution in [0.25, 0.3) is 0 Å². The fraction of sp³-hybridized carbons (Fsp3) is 0.316. The minimum absolute atomic E-state index is 0.126. The number of anilines is 1. The molecule has 0 saturated carbocycles. The molecule has 2 rings (SSSR count). The molecule has 0 aliphatic rings. The van der Waals surface area contributed by atoms with Crippen molar-refractivity contribution in [2.75, 3.05) is 32.5 Å². The number of halogens is 1. The molecule has 1 atom stereocenters. The Bertz CT molecular complexity index is 674. The van der Waals surface area contributed by atoms with Crippen molar-refractivity contribution in [2.24, 2.45) is 0 Å². The molecule has 0 aliphatic carbocycles. The normalized spacial score (nSPS) is 12.2. The number of likely N-dealkylation sites (N-methyl/N-ethyl adjacent to an activating group) is 1. The number of hydrogen-bond acceptors (Lipinski definition) is 1. The summed E-state index contributed by atoms with van der Waals surface area (Å²) in [6.07, 6.45) is 0. The lowest BCUT2D eigenvalue weighted by Gasteiger charge is -2.20. The third kappa shape index (κ3) is 5.15. The molecular formula is C19H26FN3O+2. The monoisotopic (exact) mass is 331 g/mol. The van der Waals surface area contributed by atoms with Crippen LogP contribution < -0.4 is 15.5 Å². The molecule has 5 heteroatoms. The standard InChI is InChI=1S/C19H24FN3O/c1-14-9-10-16(11-17(14)20)22-19(24)13-21-12-18(23(2)3)15-7-5-4-6-8-15/h4-11,18,21H,12-13H2,1-3H3,(H,22,24)/p+2/t18-/m1/s1. The van der Waals surface area contributed by atoms with Crippen molar-refractivity contribution in [3.05, 3.63) is 65.5 Å². The Morgan fingerprint density at radius 1 is 1.21 bits per heavy atom. The molecule has 2 aromatic carbocycles. The van der Waals surface area contributed by atoms with E-state index in [-0.39, 0.29) is 11.7 Å². The van der Waals surface area contributed by atoms with Gasteiger partial charge >= 0.3 is 0 Å². The van der Waals surface area contributed by atoms with Gasteiger partial charge in [-0.15, -0.1) is 0 Å². The molecule has 24 heavy (non-hydrogen) atoms. The lowest BCUT2D eigenvalue weighted by molar-refractivity contribution is -0.908. The van der Waals surface area contributed by atoms with E-state index in [1.54, 1.807) is 19.1 Å². The Labute approximate surface area is 142 Å². The van der Waals surface area contributed by atoms with Crippen LogP contribution in [0, 0.1) is 12.7 Å². The summed E-state index contributed by atoms with van der Waals surface area (Å²) in [7, 11) is 4.22. The number of nitrogens with one attached hydrogen (secondary N) is 2. The zero-order valence-electron chi connectivity index (χ0n) is 14.5. The summed E-state index contributed by atoms with van der Waals surface area (Å²) in [6, 6.07) is 15.3. The maximum atomic E-state index is 13.5. The molecule has 128 valence electrons. The van der Waals surface area contributed by atoms with Gasteiger partial charge in [0.1, 0.15) is 12.4 Å². The summed E-state index contributed by atoms with van der Waals surface area (Å²) in [4.78, 5) is 13.3. The predicted molar refractivity (Wildman–Crippen MR) is 93.4 cm³/mol. The molecule has 4 nitrogen and oxygen atoms in total. The molecule has 0 unspecified atom stereocenters.